The zero-order valence-electron chi connectivity index (χ0n) is 16.6. The lowest BCUT2D eigenvalue weighted by atomic mass is 9.78. The second kappa shape index (κ2) is 8.84. The molecule has 1 aliphatic carbocycles. The summed E-state index contributed by atoms with van der Waals surface area (Å²) in [6.07, 6.45) is 1.16. The van der Waals surface area contributed by atoms with E-state index in [4.69, 9.17) is 9.57 Å². The number of aryl methyl sites for hydroxylation is 2. The highest BCUT2D eigenvalue weighted by atomic mass is 16.6. The van der Waals surface area contributed by atoms with Crippen LogP contribution in [-0.4, -0.2) is 29.2 Å². The number of aliphatic hydroxyl groups is 1. The number of hydrogen-bond donors (Lipinski definition) is 1. The molecule has 0 aliphatic heterocycles. The van der Waals surface area contributed by atoms with Crippen LogP contribution in [0.4, 0.5) is 0 Å². The van der Waals surface area contributed by atoms with Crippen LogP contribution in [0.15, 0.2) is 28.6 Å². The van der Waals surface area contributed by atoms with Crippen LogP contribution < -0.4 is 4.74 Å². The van der Waals surface area contributed by atoms with Crippen LogP contribution in [0.5, 0.6) is 5.75 Å². The lowest BCUT2D eigenvalue weighted by Gasteiger charge is -2.27. The molecule has 2 rings (SSSR count). The van der Waals surface area contributed by atoms with Crippen LogP contribution in [-0.2, 0) is 14.4 Å². The van der Waals surface area contributed by atoms with Crippen molar-refractivity contribution in [3.8, 4) is 5.75 Å². The first-order chi connectivity index (χ1) is 12.8. The quantitative estimate of drug-likeness (QED) is 0.348. The fourth-order valence-electron chi connectivity index (χ4n) is 3.66. The number of esters is 1. The Morgan fingerprint density at radius 3 is 2.33 bits per heavy atom. The van der Waals surface area contributed by atoms with Crippen LogP contribution in [0.25, 0.3) is 0 Å². The summed E-state index contributed by atoms with van der Waals surface area (Å²) in [6, 6.07) is 3.58. The highest BCUT2D eigenvalue weighted by Gasteiger charge is 2.32. The fourth-order valence-corrected chi connectivity index (χ4v) is 3.66. The van der Waals surface area contributed by atoms with Gasteiger partial charge in [-0.2, -0.15) is 0 Å². The van der Waals surface area contributed by atoms with E-state index in [1.165, 1.54) is 6.92 Å². The minimum absolute atomic E-state index is 0.0550. The summed E-state index contributed by atoms with van der Waals surface area (Å²) in [5, 5.41) is 14.6. The van der Waals surface area contributed by atoms with Gasteiger partial charge in [-0.15, -0.1) is 0 Å². The Balaban J connectivity index is 2.36. The molecule has 1 aliphatic rings. The van der Waals surface area contributed by atoms with Crippen molar-refractivity contribution in [1.29, 1.82) is 0 Å². The molecule has 0 saturated carbocycles. The molecule has 0 fully saturated rings. The van der Waals surface area contributed by atoms with Gasteiger partial charge in [0.1, 0.15) is 18.1 Å². The Hall–Kier alpha value is -2.63. The SMILES string of the molecule is CCON=C(CC)C1=C(O)CC(c2c(C)cc(OC(C)=O)cc2C)CC1=O. The molecule has 0 aromatic heterocycles. The average Bonchev–Trinajstić information content (AvgIpc) is 2.56. The summed E-state index contributed by atoms with van der Waals surface area (Å²) in [4.78, 5) is 29.0. The van der Waals surface area contributed by atoms with Crippen molar-refractivity contribution in [2.75, 3.05) is 6.61 Å². The number of ketones is 1. The predicted molar refractivity (Wildman–Crippen MR) is 103 cm³/mol. The van der Waals surface area contributed by atoms with E-state index in [1.807, 2.05) is 27.7 Å². The summed E-state index contributed by atoms with van der Waals surface area (Å²) in [6.45, 7) is 9.29. The zero-order chi connectivity index (χ0) is 20.1. The van der Waals surface area contributed by atoms with E-state index in [1.54, 1.807) is 12.1 Å². The molecule has 0 bridgehead atoms. The third-order valence-electron chi connectivity index (χ3n) is 4.60. The Labute approximate surface area is 159 Å². The lowest BCUT2D eigenvalue weighted by molar-refractivity contribution is -0.131. The van der Waals surface area contributed by atoms with Crippen molar-refractivity contribution in [2.45, 2.75) is 59.8 Å². The Bertz CT molecular complexity index is 784. The van der Waals surface area contributed by atoms with Crippen LogP contribution in [0.1, 0.15) is 62.6 Å². The third kappa shape index (κ3) is 4.76. The molecule has 1 aromatic carbocycles. The molecule has 1 unspecified atom stereocenters. The van der Waals surface area contributed by atoms with Crippen molar-refractivity contribution < 1.29 is 24.3 Å². The van der Waals surface area contributed by atoms with Gasteiger partial charge in [0.05, 0.1) is 11.3 Å². The van der Waals surface area contributed by atoms with Crippen molar-refractivity contribution in [1.82, 2.24) is 0 Å². The van der Waals surface area contributed by atoms with Crippen molar-refractivity contribution in [3.63, 3.8) is 0 Å². The van der Waals surface area contributed by atoms with E-state index in [-0.39, 0.29) is 29.0 Å². The van der Waals surface area contributed by atoms with Crippen molar-refractivity contribution in [2.24, 2.45) is 5.16 Å². The maximum Gasteiger partial charge on any atom is 0.308 e. The molecule has 0 saturated heterocycles. The summed E-state index contributed by atoms with van der Waals surface area (Å²) >= 11 is 0. The fraction of sp³-hybridized carbons (Fsp3) is 0.476. The van der Waals surface area contributed by atoms with Crippen LogP contribution in [0.2, 0.25) is 0 Å². The molecule has 27 heavy (non-hydrogen) atoms. The molecular weight excluding hydrogens is 346 g/mol. The molecule has 0 heterocycles. The number of hydrogen-bond acceptors (Lipinski definition) is 6. The van der Waals surface area contributed by atoms with Gasteiger partial charge in [0, 0.05) is 19.8 Å². The summed E-state index contributed by atoms with van der Waals surface area (Å²) < 4.78 is 5.17. The van der Waals surface area contributed by atoms with Crippen LogP contribution >= 0.6 is 0 Å². The second-order valence-electron chi connectivity index (χ2n) is 6.72. The zero-order valence-corrected chi connectivity index (χ0v) is 16.6. The predicted octanol–water partition coefficient (Wildman–Crippen LogP) is 4.29. The monoisotopic (exact) mass is 373 g/mol. The van der Waals surface area contributed by atoms with Gasteiger partial charge in [0.2, 0.25) is 0 Å². The minimum atomic E-state index is -0.375. The second-order valence-corrected chi connectivity index (χ2v) is 6.72. The van der Waals surface area contributed by atoms with E-state index < -0.39 is 0 Å². The first-order valence-electron chi connectivity index (χ1n) is 9.22. The summed E-state index contributed by atoms with van der Waals surface area (Å²) in [5.74, 6) is -0.0922. The molecule has 0 spiro atoms. The molecule has 6 heteroatoms. The minimum Gasteiger partial charge on any atom is -0.511 e. The summed E-state index contributed by atoms with van der Waals surface area (Å²) in [5.41, 5.74) is 3.63. The molecule has 0 amide bonds. The molecule has 0 radical (unpaired) electrons. The largest absolute Gasteiger partial charge is 0.511 e. The normalized spacial score (nSPS) is 17.9. The average molecular weight is 373 g/mol. The molecule has 1 atom stereocenters. The van der Waals surface area contributed by atoms with Gasteiger partial charge in [-0.05, 0) is 61.9 Å². The number of ether oxygens (including phenoxy) is 1. The lowest BCUT2D eigenvalue weighted by Crippen LogP contribution is -2.24. The summed E-state index contributed by atoms with van der Waals surface area (Å²) in [7, 11) is 0. The number of rotatable bonds is 6. The van der Waals surface area contributed by atoms with E-state index >= 15 is 0 Å². The van der Waals surface area contributed by atoms with Gasteiger partial charge in [-0.3, -0.25) is 9.59 Å². The maximum atomic E-state index is 12.8. The van der Waals surface area contributed by atoms with E-state index in [0.29, 0.717) is 37.3 Å². The maximum absolute atomic E-state index is 12.8. The van der Waals surface area contributed by atoms with Gasteiger partial charge >= 0.3 is 5.97 Å². The molecular formula is C21H27NO5. The number of carbonyl (C=O) groups excluding carboxylic acids is 2. The number of Topliss-reactive ketones (excluding diaryl/α,β-unsaturated/α-hetero) is 1. The first-order valence-corrected chi connectivity index (χ1v) is 9.22. The number of nitrogens with zero attached hydrogens (tertiary/aromatic N) is 1. The van der Waals surface area contributed by atoms with Gasteiger partial charge < -0.3 is 14.7 Å². The smallest absolute Gasteiger partial charge is 0.308 e. The van der Waals surface area contributed by atoms with Crippen molar-refractivity contribution in [3.05, 3.63) is 40.2 Å². The molecule has 1 N–H and O–H groups in total. The third-order valence-corrected chi connectivity index (χ3v) is 4.60. The van der Waals surface area contributed by atoms with Gasteiger partial charge in [-0.25, -0.2) is 0 Å². The number of carbonyl (C=O) groups is 2. The van der Waals surface area contributed by atoms with E-state index in [0.717, 1.165) is 16.7 Å². The van der Waals surface area contributed by atoms with Crippen LogP contribution in [0.3, 0.4) is 0 Å². The molecule has 146 valence electrons. The highest BCUT2D eigenvalue weighted by Crippen LogP contribution is 2.38. The number of aliphatic hydroxyl groups excluding tert-OH is 1. The van der Waals surface area contributed by atoms with Crippen molar-refractivity contribution >= 4 is 17.5 Å². The Morgan fingerprint density at radius 2 is 1.85 bits per heavy atom. The first kappa shape index (κ1) is 20.7. The Kier molecular flexibility index (Phi) is 6.77. The standard InChI is InChI=1S/C21H27NO5/c1-6-17(22-26-7-2)21-18(24)10-15(11-19(21)25)20-12(3)8-16(9-13(20)4)27-14(5)23/h8-9,15,24H,6-7,10-11H2,1-5H3. The van der Waals surface area contributed by atoms with Gasteiger partial charge in [-0.1, -0.05) is 12.1 Å². The highest BCUT2D eigenvalue weighted by molar-refractivity contribution is 6.23. The van der Waals surface area contributed by atoms with Gasteiger partial charge in [0.15, 0.2) is 5.78 Å². The molecule has 6 nitrogen and oxygen atoms in total. The van der Waals surface area contributed by atoms with Crippen LogP contribution in [0, 0.1) is 13.8 Å². The molecule has 1 aromatic rings. The number of benzene rings is 1. The topological polar surface area (TPSA) is 85.2 Å². The van der Waals surface area contributed by atoms with E-state index in [9.17, 15) is 14.7 Å². The Morgan fingerprint density at radius 1 is 1.22 bits per heavy atom. The number of allylic oxidation sites excluding steroid dienone is 2. The van der Waals surface area contributed by atoms with E-state index in [2.05, 4.69) is 5.16 Å². The number of oxime groups is 1. The van der Waals surface area contributed by atoms with Gasteiger partial charge in [0.25, 0.3) is 0 Å².